The molecule has 0 aromatic heterocycles. The van der Waals surface area contributed by atoms with Crippen LogP contribution in [0.1, 0.15) is 0 Å². The van der Waals surface area contributed by atoms with Gasteiger partial charge in [-0.15, -0.1) is 0 Å². The molecule has 3 heteroatoms. The van der Waals surface area contributed by atoms with Crippen LogP contribution in [0.3, 0.4) is 0 Å². The smallest absolute Gasteiger partial charge is 0.392 e. The summed E-state index contributed by atoms with van der Waals surface area (Å²) in [7, 11) is 0. The lowest BCUT2D eigenvalue weighted by molar-refractivity contribution is -0.145. The van der Waals surface area contributed by atoms with E-state index in [1.54, 1.807) is 24.3 Å². The summed E-state index contributed by atoms with van der Waals surface area (Å²) in [6.45, 7) is -0.399. The molecule has 11 heavy (non-hydrogen) atoms. The van der Waals surface area contributed by atoms with Crippen molar-refractivity contribution in [2.24, 2.45) is 0 Å². The van der Waals surface area contributed by atoms with E-state index in [-0.39, 0.29) is 0 Å². The average molecular weight is 151 g/mol. The molecular formula is C8H7O3. The van der Waals surface area contributed by atoms with Gasteiger partial charge in [0.25, 0.3) is 0 Å². The van der Waals surface area contributed by atoms with Crippen LogP contribution in [0, 0.1) is 0 Å². The Morgan fingerprint density at radius 1 is 1.27 bits per heavy atom. The lowest BCUT2D eigenvalue weighted by Crippen LogP contribution is -2.07. The first kappa shape index (κ1) is 7.60. The molecule has 1 aromatic rings. The molecular weight excluding hydrogens is 144 g/mol. The van der Waals surface area contributed by atoms with Crippen LogP contribution in [0.25, 0.3) is 0 Å². The first-order chi connectivity index (χ1) is 5.29. The maximum absolute atomic E-state index is 9.94. The molecule has 1 rings (SSSR count). The predicted molar refractivity (Wildman–Crippen MR) is 37.6 cm³/mol. The van der Waals surface area contributed by atoms with Crippen molar-refractivity contribution in [2.45, 2.75) is 0 Å². The number of para-hydroxylation sites is 1. The van der Waals surface area contributed by atoms with E-state index in [0.717, 1.165) is 0 Å². The number of carbonyl (C=O) groups is 1. The van der Waals surface area contributed by atoms with Gasteiger partial charge in [-0.1, -0.05) is 18.2 Å². The van der Waals surface area contributed by atoms with Crippen LogP contribution in [0.4, 0.5) is 0 Å². The van der Waals surface area contributed by atoms with Crippen molar-refractivity contribution >= 4 is 5.97 Å². The SMILES string of the molecule is [O]C(=O)COc1ccccc1. The van der Waals surface area contributed by atoms with Gasteiger partial charge in [-0.3, -0.25) is 0 Å². The summed E-state index contributed by atoms with van der Waals surface area (Å²) in [5, 5.41) is 9.94. The van der Waals surface area contributed by atoms with Crippen LogP contribution in [-0.2, 0) is 9.90 Å². The highest BCUT2D eigenvalue weighted by Gasteiger charge is 1.98. The van der Waals surface area contributed by atoms with Gasteiger partial charge in [0.2, 0.25) is 0 Å². The van der Waals surface area contributed by atoms with Gasteiger partial charge < -0.3 is 4.74 Å². The van der Waals surface area contributed by atoms with Gasteiger partial charge in [-0.25, -0.2) is 9.90 Å². The molecule has 57 valence electrons. The standard InChI is InChI=1S/C8H7O3/c9-8(10)6-11-7-4-2-1-3-5-7/h1-5H,6H2. The zero-order chi connectivity index (χ0) is 8.10. The Morgan fingerprint density at radius 2 is 1.91 bits per heavy atom. The summed E-state index contributed by atoms with van der Waals surface area (Å²) in [4.78, 5) is 9.94. The molecule has 1 radical (unpaired) electrons. The molecule has 0 atom stereocenters. The van der Waals surface area contributed by atoms with E-state index in [1.165, 1.54) is 0 Å². The van der Waals surface area contributed by atoms with Gasteiger partial charge in [0.05, 0.1) is 0 Å². The first-order valence-electron chi connectivity index (χ1n) is 3.17. The van der Waals surface area contributed by atoms with Crippen molar-refractivity contribution in [1.82, 2.24) is 0 Å². The highest BCUT2D eigenvalue weighted by molar-refractivity contribution is 5.68. The number of hydrogen-bond acceptors (Lipinski definition) is 2. The lowest BCUT2D eigenvalue weighted by atomic mass is 10.3. The fourth-order valence-corrected chi connectivity index (χ4v) is 0.659. The second kappa shape index (κ2) is 3.61. The maximum atomic E-state index is 9.94. The number of hydrogen-bond donors (Lipinski definition) is 0. The highest BCUT2D eigenvalue weighted by Crippen LogP contribution is 2.07. The molecule has 1 aromatic carbocycles. The third-order valence-electron chi connectivity index (χ3n) is 1.10. The molecule has 0 N–H and O–H groups in total. The highest BCUT2D eigenvalue weighted by atomic mass is 16.5. The van der Waals surface area contributed by atoms with Gasteiger partial charge in [-0.05, 0) is 12.1 Å². The third kappa shape index (κ3) is 2.71. The van der Waals surface area contributed by atoms with E-state index in [2.05, 4.69) is 0 Å². The Bertz CT molecular complexity index is 230. The second-order valence-electron chi connectivity index (χ2n) is 1.97. The Labute approximate surface area is 64.2 Å². The summed E-state index contributed by atoms with van der Waals surface area (Å²) in [5.74, 6) is -0.675. The quantitative estimate of drug-likeness (QED) is 0.647. The molecule has 0 bridgehead atoms. The molecule has 3 nitrogen and oxygen atoms in total. The fourth-order valence-electron chi connectivity index (χ4n) is 0.659. The summed E-state index contributed by atoms with van der Waals surface area (Å²) in [6, 6.07) is 8.73. The summed E-state index contributed by atoms with van der Waals surface area (Å²) < 4.78 is 4.81. The zero-order valence-electron chi connectivity index (χ0n) is 5.82. The van der Waals surface area contributed by atoms with Crippen molar-refractivity contribution in [3.8, 4) is 5.75 Å². The zero-order valence-corrected chi connectivity index (χ0v) is 5.82. The summed E-state index contributed by atoms with van der Waals surface area (Å²) >= 11 is 0. The topological polar surface area (TPSA) is 46.2 Å². The molecule has 0 fully saturated rings. The van der Waals surface area contributed by atoms with Gasteiger partial charge in [0.15, 0.2) is 6.61 Å². The van der Waals surface area contributed by atoms with E-state index < -0.39 is 12.6 Å². The van der Waals surface area contributed by atoms with Crippen molar-refractivity contribution in [2.75, 3.05) is 6.61 Å². The Hall–Kier alpha value is -1.51. The molecule has 0 aliphatic carbocycles. The van der Waals surface area contributed by atoms with Crippen LogP contribution in [0.2, 0.25) is 0 Å². The van der Waals surface area contributed by atoms with Crippen molar-refractivity contribution in [3.05, 3.63) is 30.3 Å². The Morgan fingerprint density at radius 3 is 2.45 bits per heavy atom. The van der Waals surface area contributed by atoms with Gasteiger partial charge in [-0.2, -0.15) is 0 Å². The van der Waals surface area contributed by atoms with E-state index in [9.17, 15) is 9.90 Å². The van der Waals surface area contributed by atoms with E-state index in [0.29, 0.717) is 5.75 Å². The normalized spacial score (nSPS) is 9.09. The lowest BCUT2D eigenvalue weighted by Gasteiger charge is -1.99. The third-order valence-corrected chi connectivity index (χ3v) is 1.10. The number of benzene rings is 1. The molecule has 0 unspecified atom stereocenters. The number of carbonyl (C=O) groups excluding carboxylic acids is 1. The van der Waals surface area contributed by atoms with Gasteiger partial charge in [0.1, 0.15) is 5.75 Å². The monoisotopic (exact) mass is 151 g/mol. The van der Waals surface area contributed by atoms with Crippen LogP contribution in [0.5, 0.6) is 5.75 Å². The maximum Gasteiger partial charge on any atom is 0.392 e. The fraction of sp³-hybridized carbons (Fsp3) is 0.125. The minimum atomic E-state index is -1.21. The number of ether oxygens (including phenoxy) is 1. The van der Waals surface area contributed by atoms with Crippen LogP contribution in [-0.4, -0.2) is 12.6 Å². The minimum Gasteiger partial charge on any atom is -0.482 e. The summed E-state index contributed by atoms with van der Waals surface area (Å²) in [6.07, 6.45) is 0. The molecule has 0 aliphatic heterocycles. The molecule has 0 saturated heterocycles. The Balaban J connectivity index is 2.45. The van der Waals surface area contributed by atoms with Crippen LogP contribution < -0.4 is 4.74 Å². The second-order valence-corrected chi connectivity index (χ2v) is 1.97. The average Bonchev–Trinajstić information content (AvgIpc) is 2.03. The predicted octanol–water partition coefficient (Wildman–Crippen LogP) is 1.02. The van der Waals surface area contributed by atoms with Gasteiger partial charge in [0, 0.05) is 0 Å². The van der Waals surface area contributed by atoms with Crippen LogP contribution in [0.15, 0.2) is 30.3 Å². The van der Waals surface area contributed by atoms with Crippen molar-refractivity contribution in [3.63, 3.8) is 0 Å². The van der Waals surface area contributed by atoms with Crippen LogP contribution >= 0.6 is 0 Å². The van der Waals surface area contributed by atoms with E-state index in [4.69, 9.17) is 4.74 Å². The molecule has 0 spiro atoms. The van der Waals surface area contributed by atoms with Crippen molar-refractivity contribution < 1.29 is 14.6 Å². The van der Waals surface area contributed by atoms with Crippen molar-refractivity contribution in [1.29, 1.82) is 0 Å². The molecule has 0 amide bonds. The minimum absolute atomic E-state index is 0.399. The number of rotatable bonds is 3. The molecule has 0 aliphatic rings. The largest absolute Gasteiger partial charge is 0.482 e. The Kier molecular flexibility index (Phi) is 2.49. The summed E-state index contributed by atoms with van der Waals surface area (Å²) in [5.41, 5.74) is 0. The molecule has 0 heterocycles. The van der Waals surface area contributed by atoms with E-state index >= 15 is 0 Å². The van der Waals surface area contributed by atoms with E-state index in [1.807, 2.05) is 6.07 Å². The first-order valence-corrected chi connectivity index (χ1v) is 3.17. The molecule has 0 saturated carbocycles. The van der Waals surface area contributed by atoms with Gasteiger partial charge >= 0.3 is 5.97 Å².